The van der Waals surface area contributed by atoms with Gasteiger partial charge in [-0.2, -0.15) is 4.31 Å². The second kappa shape index (κ2) is 7.58. The van der Waals surface area contributed by atoms with Crippen LogP contribution in [-0.4, -0.2) is 24.2 Å². The van der Waals surface area contributed by atoms with Gasteiger partial charge in [0.15, 0.2) is 0 Å². The third-order valence-corrected chi connectivity index (χ3v) is 8.38. The molecule has 29 heavy (non-hydrogen) atoms. The molecule has 1 saturated carbocycles. The van der Waals surface area contributed by atoms with Crippen molar-refractivity contribution in [3.05, 3.63) is 59.7 Å². The molecule has 1 unspecified atom stereocenters. The van der Waals surface area contributed by atoms with Crippen molar-refractivity contribution in [2.45, 2.75) is 68.8 Å². The molecule has 1 aliphatic heterocycles. The summed E-state index contributed by atoms with van der Waals surface area (Å²) in [6, 6.07) is 14.7. The highest BCUT2D eigenvalue weighted by Gasteiger charge is 2.48. The van der Waals surface area contributed by atoms with Crippen molar-refractivity contribution in [2.75, 3.05) is 5.32 Å². The van der Waals surface area contributed by atoms with E-state index in [1.165, 1.54) is 12.5 Å². The number of nitrogens with zero attached hydrogens (tertiary/aromatic N) is 1. The number of sulfonamides is 1. The van der Waals surface area contributed by atoms with Gasteiger partial charge in [-0.05, 0) is 60.6 Å². The van der Waals surface area contributed by atoms with Gasteiger partial charge in [0, 0.05) is 24.7 Å². The first kappa shape index (κ1) is 20.1. The standard InChI is InChI=1S/C23H28N2O3S/c1-17-15-23(13-5-6-14-23)25(16-19-7-3-4-8-22(17)19)29(27,28)21-11-9-20(10-12-21)24-18(2)26/h3-4,7-12,17H,5-6,13-16H2,1-2H3,(H,24,26). The predicted molar refractivity (Wildman–Crippen MR) is 114 cm³/mol. The summed E-state index contributed by atoms with van der Waals surface area (Å²) in [6.07, 6.45) is 4.81. The summed E-state index contributed by atoms with van der Waals surface area (Å²) in [4.78, 5) is 11.5. The van der Waals surface area contributed by atoms with Gasteiger partial charge in [0.25, 0.3) is 0 Å². The van der Waals surface area contributed by atoms with Crippen LogP contribution in [0.4, 0.5) is 5.69 Å². The van der Waals surface area contributed by atoms with E-state index in [0.29, 0.717) is 18.2 Å². The lowest BCUT2D eigenvalue weighted by Crippen LogP contribution is -2.49. The molecular weight excluding hydrogens is 384 g/mol. The van der Waals surface area contributed by atoms with E-state index in [0.717, 1.165) is 37.7 Å². The molecule has 2 aromatic rings. The Bertz CT molecular complexity index is 1010. The molecule has 1 amide bonds. The number of anilines is 1. The molecule has 0 radical (unpaired) electrons. The van der Waals surface area contributed by atoms with Crippen LogP contribution < -0.4 is 5.32 Å². The zero-order valence-corrected chi connectivity index (χ0v) is 17.8. The molecule has 1 spiro atoms. The zero-order valence-electron chi connectivity index (χ0n) is 17.0. The lowest BCUT2D eigenvalue weighted by molar-refractivity contribution is -0.114. The lowest BCUT2D eigenvalue weighted by Gasteiger charge is -2.40. The van der Waals surface area contributed by atoms with Crippen molar-refractivity contribution in [3.63, 3.8) is 0 Å². The fourth-order valence-electron chi connectivity index (χ4n) is 5.13. The molecule has 1 fully saturated rings. The van der Waals surface area contributed by atoms with Crippen LogP contribution in [0.1, 0.15) is 63.0 Å². The van der Waals surface area contributed by atoms with Crippen molar-refractivity contribution in [3.8, 4) is 0 Å². The fourth-order valence-corrected chi connectivity index (χ4v) is 6.94. The van der Waals surface area contributed by atoms with Gasteiger partial charge in [-0.1, -0.05) is 44.0 Å². The predicted octanol–water partition coefficient (Wildman–Crippen LogP) is 4.66. The van der Waals surface area contributed by atoms with Crippen molar-refractivity contribution >= 4 is 21.6 Å². The topological polar surface area (TPSA) is 66.5 Å². The Morgan fingerprint density at radius 3 is 2.38 bits per heavy atom. The van der Waals surface area contributed by atoms with Gasteiger partial charge < -0.3 is 5.32 Å². The summed E-state index contributed by atoms with van der Waals surface area (Å²) < 4.78 is 29.4. The number of fused-ring (bicyclic) bond motifs is 1. The number of benzene rings is 2. The van der Waals surface area contributed by atoms with Crippen molar-refractivity contribution in [2.24, 2.45) is 0 Å². The van der Waals surface area contributed by atoms with Crippen LogP contribution in [0.25, 0.3) is 0 Å². The molecule has 2 aliphatic rings. The van der Waals surface area contributed by atoms with E-state index in [1.54, 1.807) is 28.6 Å². The normalized spacial score (nSPS) is 21.5. The lowest BCUT2D eigenvalue weighted by atomic mass is 9.84. The maximum Gasteiger partial charge on any atom is 0.243 e. The molecule has 1 N–H and O–H groups in total. The average molecular weight is 413 g/mol. The molecule has 0 aromatic heterocycles. The van der Waals surface area contributed by atoms with Crippen LogP contribution in [0.15, 0.2) is 53.4 Å². The first-order chi connectivity index (χ1) is 13.8. The Morgan fingerprint density at radius 1 is 1.07 bits per heavy atom. The van der Waals surface area contributed by atoms with Gasteiger partial charge in [-0.15, -0.1) is 0 Å². The van der Waals surface area contributed by atoms with E-state index in [2.05, 4.69) is 24.4 Å². The quantitative estimate of drug-likeness (QED) is 0.798. The number of amides is 1. The minimum Gasteiger partial charge on any atom is -0.326 e. The summed E-state index contributed by atoms with van der Waals surface area (Å²) in [5, 5.41) is 2.69. The Balaban J connectivity index is 1.76. The van der Waals surface area contributed by atoms with Crippen molar-refractivity contribution < 1.29 is 13.2 Å². The Hall–Kier alpha value is -2.18. The van der Waals surface area contributed by atoms with Gasteiger partial charge in [0.05, 0.1) is 4.90 Å². The maximum absolute atomic E-state index is 13.8. The van der Waals surface area contributed by atoms with E-state index >= 15 is 0 Å². The molecule has 6 heteroatoms. The highest BCUT2D eigenvalue weighted by atomic mass is 32.2. The second-order valence-electron chi connectivity index (χ2n) is 8.45. The van der Waals surface area contributed by atoms with Crippen LogP contribution in [0, 0.1) is 0 Å². The van der Waals surface area contributed by atoms with Crippen LogP contribution in [-0.2, 0) is 21.4 Å². The largest absolute Gasteiger partial charge is 0.326 e. The van der Waals surface area contributed by atoms with Crippen LogP contribution in [0.3, 0.4) is 0 Å². The molecule has 2 aromatic carbocycles. The molecule has 0 saturated heterocycles. The van der Waals surface area contributed by atoms with Crippen LogP contribution in [0.5, 0.6) is 0 Å². The smallest absolute Gasteiger partial charge is 0.243 e. The number of carbonyl (C=O) groups is 1. The summed E-state index contributed by atoms with van der Waals surface area (Å²) >= 11 is 0. The van der Waals surface area contributed by atoms with Gasteiger partial charge in [0.2, 0.25) is 15.9 Å². The highest BCUT2D eigenvalue weighted by molar-refractivity contribution is 7.89. The fraction of sp³-hybridized carbons (Fsp3) is 0.435. The summed E-state index contributed by atoms with van der Waals surface area (Å²) in [6.45, 7) is 4.07. The molecule has 154 valence electrons. The van der Waals surface area contributed by atoms with Crippen molar-refractivity contribution in [1.82, 2.24) is 4.31 Å². The van der Waals surface area contributed by atoms with Gasteiger partial charge in [-0.25, -0.2) is 8.42 Å². The average Bonchev–Trinajstić information content (AvgIpc) is 3.10. The molecule has 5 nitrogen and oxygen atoms in total. The number of hydrogen-bond donors (Lipinski definition) is 1. The van der Waals surface area contributed by atoms with Gasteiger partial charge >= 0.3 is 0 Å². The van der Waals surface area contributed by atoms with E-state index < -0.39 is 10.0 Å². The van der Waals surface area contributed by atoms with E-state index in [4.69, 9.17) is 0 Å². The monoisotopic (exact) mass is 412 g/mol. The molecule has 1 atom stereocenters. The Morgan fingerprint density at radius 2 is 1.72 bits per heavy atom. The number of rotatable bonds is 3. The van der Waals surface area contributed by atoms with E-state index in [9.17, 15) is 13.2 Å². The maximum atomic E-state index is 13.8. The molecule has 4 rings (SSSR count). The summed E-state index contributed by atoms with van der Waals surface area (Å²) in [7, 11) is -3.67. The van der Waals surface area contributed by atoms with Crippen LogP contribution in [0.2, 0.25) is 0 Å². The first-order valence-electron chi connectivity index (χ1n) is 10.3. The van der Waals surface area contributed by atoms with Crippen LogP contribution >= 0.6 is 0 Å². The number of nitrogens with one attached hydrogen (secondary N) is 1. The summed E-state index contributed by atoms with van der Waals surface area (Å²) in [5.41, 5.74) is 2.63. The molecule has 1 aliphatic carbocycles. The van der Waals surface area contributed by atoms with E-state index in [-0.39, 0.29) is 16.3 Å². The molecular formula is C23H28N2O3S. The SMILES string of the molecule is CC(=O)Nc1ccc(S(=O)(=O)N2Cc3ccccc3C(C)CC23CCCC3)cc1. The Labute approximate surface area is 173 Å². The molecule has 1 heterocycles. The molecule has 0 bridgehead atoms. The minimum absolute atomic E-state index is 0.177. The number of hydrogen-bond acceptors (Lipinski definition) is 3. The van der Waals surface area contributed by atoms with E-state index in [1.807, 2.05) is 12.1 Å². The minimum atomic E-state index is -3.67. The first-order valence-corrected chi connectivity index (χ1v) is 11.7. The Kier molecular flexibility index (Phi) is 5.25. The highest BCUT2D eigenvalue weighted by Crippen LogP contribution is 2.48. The third kappa shape index (κ3) is 3.71. The van der Waals surface area contributed by atoms with Gasteiger partial charge in [0.1, 0.15) is 0 Å². The number of carbonyl (C=O) groups excluding carboxylic acids is 1. The zero-order chi connectivity index (χ0) is 20.6. The van der Waals surface area contributed by atoms with Crippen molar-refractivity contribution in [1.29, 1.82) is 0 Å². The second-order valence-corrected chi connectivity index (χ2v) is 10.3. The third-order valence-electron chi connectivity index (χ3n) is 6.41. The van der Waals surface area contributed by atoms with Gasteiger partial charge in [-0.3, -0.25) is 4.79 Å². The summed E-state index contributed by atoms with van der Waals surface area (Å²) in [5.74, 6) is 0.148.